The molecule has 33 heavy (non-hydrogen) atoms. The highest BCUT2D eigenvalue weighted by Gasteiger charge is 2.27. The van der Waals surface area contributed by atoms with E-state index < -0.39 is 11.8 Å². The summed E-state index contributed by atoms with van der Waals surface area (Å²) >= 11 is 1.66. The lowest BCUT2D eigenvalue weighted by Crippen LogP contribution is -2.43. The van der Waals surface area contributed by atoms with Gasteiger partial charge in [0.05, 0.1) is 20.3 Å². The summed E-state index contributed by atoms with van der Waals surface area (Å²) in [5.74, 6) is -0.388. The zero-order chi connectivity index (χ0) is 23.2. The predicted octanol–water partition coefficient (Wildman–Crippen LogP) is 3.62. The van der Waals surface area contributed by atoms with Crippen molar-refractivity contribution in [2.45, 2.75) is 19.0 Å². The highest BCUT2D eigenvalue weighted by molar-refractivity contribution is 7.10. The molecule has 8 heteroatoms. The van der Waals surface area contributed by atoms with Gasteiger partial charge < -0.3 is 20.1 Å². The van der Waals surface area contributed by atoms with Gasteiger partial charge in [-0.05, 0) is 41.1 Å². The summed E-state index contributed by atoms with van der Waals surface area (Å²) in [7, 11) is 3.05. The van der Waals surface area contributed by atoms with Gasteiger partial charge in [0.2, 0.25) is 0 Å². The number of fused-ring (bicyclic) bond motifs is 1. The van der Waals surface area contributed by atoms with E-state index in [-0.39, 0.29) is 6.04 Å². The number of ether oxygens (including phenoxy) is 2. The van der Waals surface area contributed by atoms with E-state index in [2.05, 4.69) is 45.9 Å². The van der Waals surface area contributed by atoms with Crippen LogP contribution in [0, 0.1) is 0 Å². The summed E-state index contributed by atoms with van der Waals surface area (Å²) in [5, 5.41) is 7.48. The van der Waals surface area contributed by atoms with E-state index in [0.717, 1.165) is 24.4 Å². The fraction of sp³-hybridized carbons (Fsp3) is 0.280. The van der Waals surface area contributed by atoms with Crippen LogP contribution in [0.5, 0.6) is 11.5 Å². The Hall–Kier alpha value is -3.36. The van der Waals surface area contributed by atoms with Crippen LogP contribution in [0.3, 0.4) is 0 Å². The molecular formula is C25H27N3O4S. The number of hydrogen-bond donors (Lipinski definition) is 2. The maximum Gasteiger partial charge on any atom is 0.313 e. The Bertz CT molecular complexity index is 1120. The van der Waals surface area contributed by atoms with Crippen LogP contribution in [0.2, 0.25) is 0 Å². The molecule has 0 radical (unpaired) electrons. The Kier molecular flexibility index (Phi) is 7.26. The van der Waals surface area contributed by atoms with Crippen LogP contribution in [-0.4, -0.2) is 44.0 Å². The van der Waals surface area contributed by atoms with E-state index in [1.54, 1.807) is 29.5 Å². The third-order valence-electron chi connectivity index (χ3n) is 5.78. The Balaban J connectivity index is 1.41. The Morgan fingerprint density at radius 1 is 1.00 bits per heavy atom. The number of amides is 2. The van der Waals surface area contributed by atoms with Crippen molar-refractivity contribution >= 4 is 28.8 Å². The fourth-order valence-electron chi connectivity index (χ4n) is 4.05. The van der Waals surface area contributed by atoms with Crippen molar-refractivity contribution in [1.29, 1.82) is 0 Å². The van der Waals surface area contributed by atoms with Crippen molar-refractivity contribution < 1.29 is 19.1 Å². The van der Waals surface area contributed by atoms with Crippen LogP contribution in [0.4, 0.5) is 5.69 Å². The number of rotatable bonds is 7. The maximum absolute atomic E-state index is 12.6. The molecule has 0 fully saturated rings. The molecule has 3 aromatic rings. The van der Waals surface area contributed by atoms with E-state index in [4.69, 9.17) is 9.47 Å². The molecule has 0 saturated carbocycles. The van der Waals surface area contributed by atoms with Crippen molar-refractivity contribution in [3.05, 3.63) is 76.0 Å². The first-order valence-corrected chi connectivity index (χ1v) is 11.6. The fourth-order valence-corrected chi connectivity index (χ4v) is 4.91. The third kappa shape index (κ3) is 5.35. The molecule has 1 unspecified atom stereocenters. The molecule has 2 amide bonds. The summed E-state index contributed by atoms with van der Waals surface area (Å²) in [6.45, 7) is 2.06. The van der Waals surface area contributed by atoms with Crippen molar-refractivity contribution in [1.82, 2.24) is 10.2 Å². The Morgan fingerprint density at radius 3 is 2.52 bits per heavy atom. The second-order valence-electron chi connectivity index (χ2n) is 7.75. The molecule has 1 aliphatic rings. The first-order chi connectivity index (χ1) is 16.1. The zero-order valence-electron chi connectivity index (χ0n) is 18.7. The van der Waals surface area contributed by atoms with Gasteiger partial charge in [0.25, 0.3) is 0 Å². The standard InChI is InChI=1S/C25H27N3O4S/c1-31-21-10-9-19(14-22(21)32-2)27-25(30)24(29)26-15-20(23-8-5-13-33-23)28-12-11-17-6-3-4-7-18(17)16-28/h3-10,13-14,20H,11-12,15-16H2,1-2H3,(H,26,29)(H,27,30). The summed E-state index contributed by atoms with van der Waals surface area (Å²) in [6.07, 6.45) is 0.964. The van der Waals surface area contributed by atoms with Gasteiger partial charge >= 0.3 is 11.8 Å². The van der Waals surface area contributed by atoms with Gasteiger partial charge in [0, 0.05) is 36.3 Å². The first-order valence-electron chi connectivity index (χ1n) is 10.7. The van der Waals surface area contributed by atoms with Crippen molar-refractivity contribution in [3.63, 3.8) is 0 Å². The molecule has 2 heterocycles. The Morgan fingerprint density at radius 2 is 1.79 bits per heavy atom. The van der Waals surface area contributed by atoms with Crippen molar-refractivity contribution in [2.24, 2.45) is 0 Å². The van der Waals surface area contributed by atoms with E-state index in [1.165, 1.54) is 25.3 Å². The lowest BCUT2D eigenvalue weighted by molar-refractivity contribution is -0.136. The summed E-state index contributed by atoms with van der Waals surface area (Å²) < 4.78 is 10.5. The number of nitrogens with zero attached hydrogens (tertiary/aromatic N) is 1. The smallest absolute Gasteiger partial charge is 0.313 e. The van der Waals surface area contributed by atoms with Crippen LogP contribution in [0.1, 0.15) is 22.0 Å². The van der Waals surface area contributed by atoms with E-state index in [0.29, 0.717) is 23.7 Å². The molecule has 1 aliphatic heterocycles. The number of benzene rings is 2. The molecule has 172 valence electrons. The molecule has 0 bridgehead atoms. The molecule has 2 aromatic carbocycles. The van der Waals surface area contributed by atoms with E-state index in [1.807, 2.05) is 11.4 Å². The minimum atomic E-state index is -0.726. The normalized spacial score (nSPS) is 14.1. The van der Waals surface area contributed by atoms with Gasteiger partial charge in [-0.3, -0.25) is 14.5 Å². The highest BCUT2D eigenvalue weighted by Crippen LogP contribution is 2.31. The van der Waals surface area contributed by atoms with Crippen molar-refractivity contribution in [3.8, 4) is 11.5 Å². The number of nitrogens with one attached hydrogen (secondary N) is 2. The van der Waals surface area contributed by atoms with Gasteiger partial charge in [-0.2, -0.15) is 0 Å². The highest BCUT2D eigenvalue weighted by atomic mass is 32.1. The summed E-state index contributed by atoms with van der Waals surface area (Å²) in [5.41, 5.74) is 3.13. The number of methoxy groups -OCH3 is 2. The van der Waals surface area contributed by atoms with Crippen LogP contribution in [-0.2, 0) is 22.6 Å². The second kappa shape index (κ2) is 10.5. The molecular weight excluding hydrogens is 438 g/mol. The number of carbonyl (C=O) groups is 2. The summed E-state index contributed by atoms with van der Waals surface area (Å²) in [4.78, 5) is 28.6. The van der Waals surface area contributed by atoms with Gasteiger partial charge in [-0.15, -0.1) is 11.3 Å². The first kappa shape index (κ1) is 22.8. The molecule has 1 aromatic heterocycles. The number of carbonyl (C=O) groups excluding carboxylic acids is 2. The molecule has 7 nitrogen and oxygen atoms in total. The molecule has 0 aliphatic carbocycles. The van der Waals surface area contributed by atoms with Gasteiger partial charge in [0.15, 0.2) is 11.5 Å². The average Bonchev–Trinajstić information content (AvgIpc) is 3.38. The minimum Gasteiger partial charge on any atom is -0.493 e. The Labute approximate surface area is 197 Å². The quantitative estimate of drug-likeness (QED) is 0.521. The van der Waals surface area contributed by atoms with E-state index >= 15 is 0 Å². The second-order valence-corrected chi connectivity index (χ2v) is 8.73. The van der Waals surface area contributed by atoms with Crippen LogP contribution in [0.25, 0.3) is 0 Å². The number of thiophene rings is 1. The van der Waals surface area contributed by atoms with Crippen molar-refractivity contribution in [2.75, 3.05) is 32.6 Å². The topological polar surface area (TPSA) is 79.9 Å². The largest absolute Gasteiger partial charge is 0.493 e. The number of hydrogen-bond acceptors (Lipinski definition) is 6. The van der Waals surface area contributed by atoms with E-state index in [9.17, 15) is 9.59 Å². The molecule has 4 rings (SSSR count). The molecule has 2 N–H and O–H groups in total. The lowest BCUT2D eigenvalue weighted by Gasteiger charge is -2.35. The minimum absolute atomic E-state index is 0.00353. The molecule has 1 atom stereocenters. The van der Waals surface area contributed by atoms with Gasteiger partial charge in [-0.25, -0.2) is 0 Å². The molecule has 0 saturated heterocycles. The van der Waals surface area contributed by atoms with Crippen LogP contribution < -0.4 is 20.1 Å². The zero-order valence-corrected chi connectivity index (χ0v) is 19.5. The van der Waals surface area contributed by atoms with Crippen LogP contribution >= 0.6 is 11.3 Å². The van der Waals surface area contributed by atoms with Crippen LogP contribution in [0.15, 0.2) is 60.0 Å². The molecule has 0 spiro atoms. The van der Waals surface area contributed by atoms with Gasteiger partial charge in [0.1, 0.15) is 0 Å². The third-order valence-corrected chi connectivity index (χ3v) is 6.75. The number of anilines is 1. The maximum atomic E-state index is 12.6. The predicted molar refractivity (Wildman–Crippen MR) is 129 cm³/mol. The van der Waals surface area contributed by atoms with Gasteiger partial charge in [-0.1, -0.05) is 30.3 Å². The average molecular weight is 466 g/mol. The monoisotopic (exact) mass is 465 g/mol. The SMILES string of the molecule is COc1ccc(NC(=O)C(=O)NCC(c2cccs2)N2CCc3ccccc3C2)cc1OC. The lowest BCUT2D eigenvalue weighted by atomic mass is 9.98. The summed E-state index contributed by atoms with van der Waals surface area (Å²) in [6, 6.07) is 17.5.